The second-order valence-corrected chi connectivity index (χ2v) is 3.56. The van der Waals surface area contributed by atoms with Gasteiger partial charge in [0.25, 0.3) is 0 Å². The molecule has 0 aliphatic heterocycles. The molecule has 84 valence electrons. The molecule has 1 rings (SSSR count). The molecule has 0 aromatic rings. The monoisotopic (exact) mass is 213 g/mol. The number of aliphatic hydroxyl groups excluding tert-OH is 1. The highest BCUT2D eigenvalue weighted by atomic mass is 19.4. The second-order valence-electron chi connectivity index (χ2n) is 3.56. The van der Waals surface area contributed by atoms with Gasteiger partial charge in [-0.2, -0.15) is 13.2 Å². The van der Waals surface area contributed by atoms with Crippen molar-refractivity contribution in [3.05, 3.63) is 0 Å². The Hall–Kier alpha value is -0.330. The molecule has 14 heavy (non-hydrogen) atoms. The van der Waals surface area contributed by atoms with Gasteiger partial charge >= 0.3 is 6.18 Å². The van der Waals surface area contributed by atoms with E-state index < -0.39 is 31.5 Å². The normalized spacial score (nSPS) is 22.1. The molecule has 0 saturated heterocycles. The molecule has 1 aliphatic rings. The molecule has 0 spiro atoms. The molecule has 3 nitrogen and oxygen atoms in total. The molecular formula is C8H14F3NO2. The van der Waals surface area contributed by atoms with Gasteiger partial charge in [-0.1, -0.05) is 0 Å². The van der Waals surface area contributed by atoms with Gasteiger partial charge in [0, 0.05) is 6.04 Å². The Labute approximate surface area is 80.0 Å². The summed E-state index contributed by atoms with van der Waals surface area (Å²) in [5.74, 6) is 0.209. The zero-order chi connectivity index (χ0) is 10.8. The zero-order valence-electron chi connectivity index (χ0n) is 7.63. The van der Waals surface area contributed by atoms with Crippen molar-refractivity contribution in [3.8, 4) is 0 Å². The fourth-order valence-corrected chi connectivity index (χ4v) is 1.27. The van der Waals surface area contributed by atoms with Crippen molar-refractivity contribution in [1.29, 1.82) is 0 Å². The molecule has 0 heterocycles. The minimum absolute atomic E-state index is 0.209. The molecule has 0 aromatic carbocycles. The fraction of sp³-hybridized carbons (Fsp3) is 1.00. The summed E-state index contributed by atoms with van der Waals surface area (Å²) < 4.78 is 39.9. The SMILES string of the molecule is NC(C1CC1)C(CO)OCC(F)(F)F. The highest BCUT2D eigenvalue weighted by Crippen LogP contribution is 2.33. The van der Waals surface area contributed by atoms with Crippen LogP contribution < -0.4 is 5.73 Å². The van der Waals surface area contributed by atoms with Gasteiger partial charge in [-0.05, 0) is 18.8 Å². The number of hydrogen-bond donors (Lipinski definition) is 2. The third-order valence-corrected chi connectivity index (χ3v) is 2.24. The van der Waals surface area contributed by atoms with Crippen LogP contribution in [0.5, 0.6) is 0 Å². The molecule has 2 atom stereocenters. The van der Waals surface area contributed by atoms with Crippen molar-refractivity contribution in [2.75, 3.05) is 13.2 Å². The van der Waals surface area contributed by atoms with E-state index in [1.165, 1.54) is 0 Å². The van der Waals surface area contributed by atoms with Crippen LogP contribution in [0.3, 0.4) is 0 Å². The Morgan fingerprint density at radius 1 is 1.43 bits per heavy atom. The van der Waals surface area contributed by atoms with E-state index in [2.05, 4.69) is 4.74 Å². The van der Waals surface area contributed by atoms with Crippen LogP contribution in [0.25, 0.3) is 0 Å². The van der Waals surface area contributed by atoms with Crippen LogP contribution in [-0.2, 0) is 4.74 Å². The van der Waals surface area contributed by atoms with E-state index in [1.54, 1.807) is 0 Å². The summed E-state index contributed by atoms with van der Waals surface area (Å²) in [5.41, 5.74) is 5.61. The smallest absolute Gasteiger partial charge is 0.394 e. The van der Waals surface area contributed by atoms with Crippen molar-refractivity contribution in [3.63, 3.8) is 0 Å². The summed E-state index contributed by atoms with van der Waals surface area (Å²) in [6.07, 6.45) is -3.44. The molecule has 0 radical (unpaired) electrons. The van der Waals surface area contributed by atoms with Crippen LogP contribution in [0.4, 0.5) is 13.2 Å². The minimum atomic E-state index is -4.36. The zero-order valence-corrected chi connectivity index (χ0v) is 7.63. The Kier molecular flexibility index (Phi) is 3.74. The van der Waals surface area contributed by atoms with Crippen molar-refractivity contribution < 1.29 is 23.0 Å². The van der Waals surface area contributed by atoms with Gasteiger partial charge in [-0.3, -0.25) is 0 Å². The predicted molar refractivity (Wildman–Crippen MR) is 43.6 cm³/mol. The Morgan fingerprint density at radius 2 is 2.00 bits per heavy atom. The molecule has 1 saturated carbocycles. The lowest BCUT2D eigenvalue weighted by Gasteiger charge is -2.22. The fourth-order valence-electron chi connectivity index (χ4n) is 1.27. The van der Waals surface area contributed by atoms with E-state index in [-0.39, 0.29) is 5.92 Å². The van der Waals surface area contributed by atoms with Crippen molar-refractivity contribution in [2.45, 2.75) is 31.2 Å². The first-order chi connectivity index (χ1) is 6.44. The summed E-state index contributed by atoms with van der Waals surface area (Å²) in [6, 6.07) is -0.484. The van der Waals surface area contributed by atoms with Crippen LogP contribution >= 0.6 is 0 Å². The van der Waals surface area contributed by atoms with E-state index in [0.29, 0.717) is 0 Å². The lowest BCUT2D eigenvalue weighted by molar-refractivity contribution is -0.191. The Bertz CT molecular complexity index is 182. The average molecular weight is 213 g/mol. The molecule has 0 amide bonds. The number of hydrogen-bond acceptors (Lipinski definition) is 3. The van der Waals surface area contributed by atoms with Crippen molar-refractivity contribution in [2.24, 2.45) is 11.7 Å². The predicted octanol–water partition coefficient (Wildman–Crippen LogP) is 0.663. The van der Waals surface area contributed by atoms with Crippen molar-refractivity contribution in [1.82, 2.24) is 0 Å². The third kappa shape index (κ3) is 3.81. The molecule has 0 bridgehead atoms. The number of nitrogens with two attached hydrogens (primary N) is 1. The van der Waals surface area contributed by atoms with Gasteiger partial charge in [-0.25, -0.2) is 0 Å². The molecular weight excluding hydrogens is 199 g/mol. The van der Waals surface area contributed by atoms with Gasteiger partial charge in [0.2, 0.25) is 0 Å². The first-order valence-electron chi connectivity index (χ1n) is 4.49. The highest BCUT2D eigenvalue weighted by molar-refractivity contribution is 4.89. The Balaban J connectivity index is 2.30. The molecule has 2 unspecified atom stereocenters. The Morgan fingerprint density at radius 3 is 2.36 bits per heavy atom. The largest absolute Gasteiger partial charge is 0.411 e. The summed E-state index contributed by atoms with van der Waals surface area (Å²) in [7, 11) is 0. The number of alkyl halides is 3. The maximum absolute atomic E-state index is 11.8. The summed E-state index contributed by atoms with van der Waals surface area (Å²) in [6.45, 7) is -1.81. The van der Waals surface area contributed by atoms with Gasteiger partial charge in [-0.15, -0.1) is 0 Å². The number of aliphatic hydroxyl groups is 1. The standard InChI is InChI=1S/C8H14F3NO2/c9-8(10,11)4-14-6(3-13)7(12)5-1-2-5/h5-7,13H,1-4,12H2. The van der Waals surface area contributed by atoms with E-state index in [4.69, 9.17) is 10.8 Å². The van der Waals surface area contributed by atoms with Gasteiger partial charge in [0.15, 0.2) is 0 Å². The quantitative estimate of drug-likeness (QED) is 0.705. The van der Waals surface area contributed by atoms with Crippen LogP contribution in [-0.4, -0.2) is 36.6 Å². The van der Waals surface area contributed by atoms with Crippen LogP contribution in [0.1, 0.15) is 12.8 Å². The minimum Gasteiger partial charge on any atom is -0.394 e. The lowest BCUT2D eigenvalue weighted by atomic mass is 10.1. The lowest BCUT2D eigenvalue weighted by Crippen LogP contribution is -2.42. The number of halogens is 3. The highest BCUT2D eigenvalue weighted by Gasteiger charge is 2.36. The number of ether oxygens (including phenoxy) is 1. The first kappa shape index (κ1) is 11.7. The maximum Gasteiger partial charge on any atom is 0.411 e. The summed E-state index contributed by atoms with van der Waals surface area (Å²) in [4.78, 5) is 0. The molecule has 0 aromatic heterocycles. The maximum atomic E-state index is 11.8. The van der Waals surface area contributed by atoms with Gasteiger partial charge in [0.1, 0.15) is 6.61 Å². The second kappa shape index (κ2) is 4.46. The van der Waals surface area contributed by atoms with Crippen LogP contribution in [0, 0.1) is 5.92 Å². The molecule has 6 heteroatoms. The average Bonchev–Trinajstić information content (AvgIpc) is 2.85. The van der Waals surface area contributed by atoms with E-state index >= 15 is 0 Å². The summed E-state index contributed by atoms with van der Waals surface area (Å²) >= 11 is 0. The topological polar surface area (TPSA) is 55.5 Å². The van der Waals surface area contributed by atoms with Gasteiger partial charge in [0.05, 0.1) is 12.7 Å². The number of rotatable bonds is 5. The molecule has 3 N–H and O–H groups in total. The van der Waals surface area contributed by atoms with E-state index in [1.807, 2.05) is 0 Å². The van der Waals surface area contributed by atoms with Crippen LogP contribution in [0.2, 0.25) is 0 Å². The molecule has 1 aliphatic carbocycles. The van der Waals surface area contributed by atoms with E-state index in [9.17, 15) is 13.2 Å². The van der Waals surface area contributed by atoms with Crippen LogP contribution in [0.15, 0.2) is 0 Å². The van der Waals surface area contributed by atoms with Gasteiger partial charge < -0.3 is 15.6 Å². The molecule has 1 fully saturated rings. The first-order valence-corrected chi connectivity index (χ1v) is 4.49. The van der Waals surface area contributed by atoms with E-state index in [0.717, 1.165) is 12.8 Å². The summed E-state index contributed by atoms with van der Waals surface area (Å²) in [5, 5.41) is 8.80. The third-order valence-electron chi connectivity index (χ3n) is 2.24. The van der Waals surface area contributed by atoms with Crippen molar-refractivity contribution >= 4 is 0 Å².